The molecule has 0 unspecified atom stereocenters. The van der Waals surface area contributed by atoms with E-state index in [9.17, 15) is 9.59 Å². The number of aliphatic carboxylic acids is 1. The van der Waals surface area contributed by atoms with E-state index in [4.69, 9.17) is 5.11 Å². The van der Waals surface area contributed by atoms with Crippen molar-refractivity contribution in [3.63, 3.8) is 0 Å². The summed E-state index contributed by atoms with van der Waals surface area (Å²) in [5.41, 5.74) is 0.430. The highest BCUT2D eigenvalue weighted by Gasteiger charge is 2.07. The molecule has 2 aromatic rings. The average Bonchev–Trinajstić information content (AvgIpc) is 2.95. The first kappa shape index (κ1) is 14.0. The molecule has 0 bridgehead atoms. The second kappa shape index (κ2) is 6.15. The van der Waals surface area contributed by atoms with E-state index < -0.39 is 12.0 Å². The summed E-state index contributed by atoms with van der Waals surface area (Å²) in [6, 6.07) is -0.396. The zero-order chi connectivity index (χ0) is 14.5. The predicted molar refractivity (Wildman–Crippen MR) is 72.6 cm³/mol. The lowest BCUT2D eigenvalue weighted by atomic mass is 10.5. The highest BCUT2D eigenvalue weighted by atomic mass is 32.1. The fourth-order valence-electron chi connectivity index (χ4n) is 1.47. The van der Waals surface area contributed by atoms with Gasteiger partial charge in [-0.05, 0) is 6.92 Å². The molecule has 0 fully saturated rings. The molecule has 0 saturated carbocycles. The lowest BCUT2D eigenvalue weighted by Gasteiger charge is -2.03. The van der Waals surface area contributed by atoms with Gasteiger partial charge < -0.3 is 15.7 Å². The van der Waals surface area contributed by atoms with E-state index in [-0.39, 0.29) is 6.54 Å². The van der Waals surface area contributed by atoms with Crippen LogP contribution in [0.4, 0.5) is 10.5 Å². The third-order valence-electron chi connectivity index (χ3n) is 2.26. The number of hydrogen-bond donors (Lipinski definition) is 3. The second-order valence-corrected chi connectivity index (χ2v) is 5.31. The zero-order valence-electron chi connectivity index (χ0n) is 10.7. The van der Waals surface area contributed by atoms with Crippen molar-refractivity contribution in [2.75, 3.05) is 5.32 Å². The Morgan fingerprint density at radius 1 is 1.45 bits per heavy atom. The number of anilines is 1. The first-order valence-electron chi connectivity index (χ1n) is 5.73. The molecular formula is C11H13N5O3S. The molecule has 0 spiro atoms. The third-order valence-corrected chi connectivity index (χ3v) is 3.17. The fraction of sp³-hybridized carbons (Fsp3) is 0.273. The van der Waals surface area contributed by atoms with E-state index in [0.29, 0.717) is 12.2 Å². The van der Waals surface area contributed by atoms with Gasteiger partial charge in [-0.3, -0.25) is 9.48 Å². The number of hydrogen-bond acceptors (Lipinski definition) is 5. The number of amides is 2. The van der Waals surface area contributed by atoms with Gasteiger partial charge in [0.1, 0.15) is 11.6 Å². The minimum atomic E-state index is -0.997. The highest BCUT2D eigenvalue weighted by molar-refractivity contribution is 7.11. The molecule has 2 aromatic heterocycles. The Balaban J connectivity index is 1.82. The van der Waals surface area contributed by atoms with Crippen LogP contribution in [0.1, 0.15) is 9.88 Å². The standard InChI is InChI=1S/C11H13N5O3S/c1-7-2-12-9(20-7)4-13-11(19)15-8-3-14-16(5-8)6-10(17)18/h2-3,5H,4,6H2,1H3,(H,17,18)(H2,13,15,19). The van der Waals surface area contributed by atoms with Gasteiger partial charge in [0.15, 0.2) is 0 Å². The van der Waals surface area contributed by atoms with Crippen LogP contribution in [0.25, 0.3) is 0 Å². The average molecular weight is 295 g/mol. The van der Waals surface area contributed by atoms with E-state index in [1.54, 1.807) is 6.20 Å². The molecule has 0 saturated heterocycles. The van der Waals surface area contributed by atoms with Crippen LogP contribution >= 0.6 is 11.3 Å². The quantitative estimate of drug-likeness (QED) is 0.764. The van der Waals surface area contributed by atoms with Crippen molar-refractivity contribution in [1.29, 1.82) is 0 Å². The molecule has 0 aliphatic rings. The summed E-state index contributed by atoms with van der Waals surface area (Å²) in [5.74, 6) is -0.997. The number of nitrogens with one attached hydrogen (secondary N) is 2. The molecule has 0 atom stereocenters. The Morgan fingerprint density at radius 3 is 2.90 bits per heavy atom. The van der Waals surface area contributed by atoms with Crippen molar-refractivity contribution in [3.8, 4) is 0 Å². The van der Waals surface area contributed by atoms with Crippen molar-refractivity contribution < 1.29 is 14.7 Å². The summed E-state index contributed by atoms with van der Waals surface area (Å²) in [7, 11) is 0. The molecule has 2 rings (SSSR count). The van der Waals surface area contributed by atoms with E-state index in [1.807, 2.05) is 6.92 Å². The maximum Gasteiger partial charge on any atom is 0.325 e. The van der Waals surface area contributed by atoms with Crippen LogP contribution < -0.4 is 10.6 Å². The first-order valence-corrected chi connectivity index (χ1v) is 6.55. The van der Waals surface area contributed by atoms with E-state index >= 15 is 0 Å². The number of urea groups is 1. The smallest absolute Gasteiger partial charge is 0.325 e. The van der Waals surface area contributed by atoms with Crippen molar-refractivity contribution >= 4 is 29.0 Å². The topological polar surface area (TPSA) is 109 Å². The molecule has 0 radical (unpaired) electrons. The van der Waals surface area contributed by atoms with Gasteiger partial charge in [0, 0.05) is 17.3 Å². The molecule has 0 aliphatic carbocycles. The maximum absolute atomic E-state index is 11.6. The van der Waals surface area contributed by atoms with Crippen LogP contribution in [-0.4, -0.2) is 31.9 Å². The normalized spacial score (nSPS) is 10.2. The highest BCUT2D eigenvalue weighted by Crippen LogP contribution is 2.10. The fourth-order valence-corrected chi connectivity index (χ4v) is 2.19. The number of rotatable bonds is 5. The Bertz CT molecular complexity index is 621. The summed E-state index contributed by atoms with van der Waals surface area (Å²) < 4.78 is 1.22. The number of carboxylic acid groups (broad SMARTS) is 1. The number of thiazole rings is 1. The maximum atomic E-state index is 11.6. The second-order valence-electron chi connectivity index (χ2n) is 3.99. The monoisotopic (exact) mass is 295 g/mol. The van der Waals surface area contributed by atoms with Crippen molar-refractivity contribution in [2.24, 2.45) is 0 Å². The number of carbonyl (C=O) groups is 2. The van der Waals surface area contributed by atoms with E-state index in [1.165, 1.54) is 28.4 Å². The Morgan fingerprint density at radius 2 is 2.25 bits per heavy atom. The predicted octanol–water partition coefficient (Wildman–Crippen LogP) is 1.05. The van der Waals surface area contributed by atoms with Crippen molar-refractivity contribution in [3.05, 3.63) is 28.5 Å². The van der Waals surface area contributed by atoms with E-state index in [2.05, 4.69) is 20.7 Å². The van der Waals surface area contributed by atoms with Crippen molar-refractivity contribution in [1.82, 2.24) is 20.1 Å². The van der Waals surface area contributed by atoms with Crippen LogP contribution in [0.5, 0.6) is 0 Å². The van der Waals surface area contributed by atoms with Crippen LogP contribution in [0.3, 0.4) is 0 Å². The van der Waals surface area contributed by atoms with Gasteiger partial charge in [0.05, 0.1) is 18.4 Å². The molecule has 3 N–H and O–H groups in total. The minimum absolute atomic E-state index is 0.248. The lowest BCUT2D eigenvalue weighted by Crippen LogP contribution is -2.27. The molecule has 2 heterocycles. The van der Waals surface area contributed by atoms with Gasteiger partial charge in [-0.25, -0.2) is 9.78 Å². The molecule has 2 amide bonds. The zero-order valence-corrected chi connectivity index (χ0v) is 11.5. The number of aryl methyl sites for hydroxylation is 1. The van der Waals surface area contributed by atoms with Crippen LogP contribution in [0, 0.1) is 6.92 Å². The van der Waals surface area contributed by atoms with Gasteiger partial charge in [-0.15, -0.1) is 11.3 Å². The van der Waals surface area contributed by atoms with Gasteiger partial charge in [0.25, 0.3) is 0 Å². The van der Waals surface area contributed by atoms with Gasteiger partial charge in [-0.2, -0.15) is 5.10 Å². The minimum Gasteiger partial charge on any atom is -0.480 e. The first-order chi connectivity index (χ1) is 9.52. The molecule has 106 valence electrons. The SMILES string of the molecule is Cc1cnc(CNC(=O)Nc2cnn(CC(=O)O)c2)s1. The van der Waals surface area contributed by atoms with Crippen molar-refractivity contribution in [2.45, 2.75) is 20.0 Å². The molecule has 0 aliphatic heterocycles. The Kier molecular flexibility index (Phi) is 4.31. The van der Waals surface area contributed by atoms with Gasteiger partial charge in [0.2, 0.25) is 0 Å². The summed E-state index contributed by atoms with van der Waals surface area (Å²) in [6.45, 7) is 2.04. The van der Waals surface area contributed by atoms with E-state index in [0.717, 1.165) is 9.88 Å². The summed E-state index contributed by atoms with van der Waals surface area (Å²) in [4.78, 5) is 27.3. The molecule has 8 nitrogen and oxygen atoms in total. The third kappa shape index (κ3) is 4.05. The molecule has 20 heavy (non-hydrogen) atoms. The largest absolute Gasteiger partial charge is 0.480 e. The number of aromatic nitrogens is 3. The summed E-state index contributed by atoms with van der Waals surface area (Å²) in [5, 5.41) is 18.5. The number of nitrogens with zero attached hydrogens (tertiary/aromatic N) is 3. The Labute approximate surface area is 118 Å². The van der Waals surface area contributed by atoms with Crippen LogP contribution in [-0.2, 0) is 17.9 Å². The van der Waals surface area contributed by atoms with Gasteiger partial charge in [-0.1, -0.05) is 0 Å². The number of carbonyl (C=O) groups excluding carboxylic acids is 1. The van der Waals surface area contributed by atoms with Crippen LogP contribution in [0.15, 0.2) is 18.6 Å². The lowest BCUT2D eigenvalue weighted by molar-refractivity contribution is -0.137. The molecular weight excluding hydrogens is 282 g/mol. The van der Waals surface area contributed by atoms with Crippen LogP contribution in [0.2, 0.25) is 0 Å². The van der Waals surface area contributed by atoms with Gasteiger partial charge >= 0.3 is 12.0 Å². The summed E-state index contributed by atoms with van der Waals surface area (Å²) >= 11 is 1.51. The number of carboxylic acids is 1. The Hall–Kier alpha value is -2.42. The summed E-state index contributed by atoms with van der Waals surface area (Å²) in [6.07, 6.45) is 4.58. The molecule has 9 heteroatoms. The molecule has 0 aromatic carbocycles.